The number of nitrogens with zero attached hydrogens (tertiary/aromatic N) is 1. The van der Waals surface area contributed by atoms with Gasteiger partial charge in [-0.05, 0) is 24.3 Å². The van der Waals surface area contributed by atoms with Gasteiger partial charge in [0.25, 0.3) is 5.91 Å². The van der Waals surface area contributed by atoms with E-state index < -0.39 is 0 Å². The molecule has 0 aromatic heterocycles. The van der Waals surface area contributed by atoms with E-state index in [-0.39, 0.29) is 5.91 Å². The highest BCUT2D eigenvalue weighted by atomic mass is 35.5. The van der Waals surface area contributed by atoms with Crippen LogP contribution in [0.15, 0.2) is 41.5 Å². The Balaban J connectivity index is 2.19. The van der Waals surface area contributed by atoms with Gasteiger partial charge in [-0.15, -0.1) is 0 Å². The van der Waals surface area contributed by atoms with Crippen molar-refractivity contribution in [1.82, 2.24) is 5.43 Å². The molecule has 0 aliphatic rings. The first-order valence-electron chi connectivity index (χ1n) is 6.98. The Morgan fingerprint density at radius 3 is 2.12 bits per heavy atom. The number of ether oxygens (including phenoxy) is 3. The van der Waals surface area contributed by atoms with Crippen molar-refractivity contribution in [2.75, 3.05) is 21.3 Å². The summed E-state index contributed by atoms with van der Waals surface area (Å²) >= 11 is 5.79. The standard InChI is InChI=1S/C17H17ClN2O4/c1-22-13-8-15(23-2)14(16(9-13)24-3)10-19-20-17(21)11-4-6-12(18)7-5-11/h4-10H,1-3H3,(H,20,21)/b19-10+. The van der Waals surface area contributed by atoms with Gasteiger partial charge in [-0.2, -0.15) is 5.10 Å². The number of hydrogen-bond acceptors (Lipinski definition) is 5. The third kappa shape index (κ3) is 4.17. The molecule has 2 aromatic rings. The largest absolute Gasteiger partial charge is 0.496 e. The van der Waals surface area contributed by atoms with Crippen LogP contribution < -0.4 is 19.6 Å². The van der Waals surface area contributed by atoms with Crippen molar-refractivity contribution in [2.45, 2.75) is 0 Å². The molecule has 0 aliphatic heterocycles. The molecule has 1 amide bonds. The third-order valence-electron chi connectivity index (χ3n) is 3.22. The van der Waals surface area contributed by atoms with Crippen LogP contribution in [0, 0.1) is 0 Å². The molecule has 24 heavy (non-hydrogen) atoms. The van der Waals surface area contributed by atoms with Gasteiger partial charge in [0, 0.05) is 22.7 Å². The zero-order valence-electron chi connectivity index (χ0n) is 13.5. The Morgan fingerprint density at radius 1 is 1.04 bits per heavy atom. The maximum atomic E-state index is 12.0. The van der Waals surface area contributed by atoms with E-state index >= 15 is 0 Å². The summed E-state index contributed by atoms with van der Waals surface area (Å²) in [6.45, 7) is 0. The number of benzene rings is 2. The molecule has 0 atom stereocenters. The first kappa shape index (κ1) is 17.6. The average Bonchev–Trinajstić information content (AvgIpc) is 2.61. The zero-order valence-corrected chi connectivity index (χ0v) is 14.3. The van der Waals surface area contributed by atoms with Crippen LogP contribution in [0.4, 0.5) is 0 Å². The molecule has 2 aromatic carbocycles. The summed E-state index contributed by atoms with van der Waals surface area (Å²) in [6, 6.07) is 9.89. The fourth-order valence-corrected chi connectivity index (χ4v) is 2.11. The van der Waals surface area contributed by atoms with E-state index in [2.05, 4.69) is 10.5 Å². The number of carbonyl (C=O) groups is 1. The summed E-state index contributed by atoms with van der Waals surface area (Å²) in [7, 11) is 4.60. The van der Waals surface area contributed by atoms with E-state index in [1.165, 1.54) is 20.4 Å². The minimum Gasteiger partial charge on any atom is -0.496 e. The van der Waals surface area contributed by atoms with Gasteiger partial charge >= 0.3 is 0 Å². The Morgan fingerprint density at radius 2 is 1.62 bits per heavy atom. The van der Waals surface area contributed by atoms with Gasteiger partial charge in [0.05, 0.1) is 33.1 Å². The molecule has 2 rings (SSSR count). The number of rotatable bonds is 6. The lowest BCUT2D eigenvalue weighted by Gasteiger charge is -2.12. The first-order chi connectivity index (χ1) is 11.6. The smallest absolute Gasteiger partial charge is 0.271 e. The third-order valence-corrected chi connectivity index (χ3v) is 3.47. The number of nitrogens with one attached hydrogen (secondary N) is 1. The lowest BCUT2D eigenvalue weighted by Crippen LogP contribution is -2.17. The molecule has 126 valence electrons. The van der Waals surface area contributed by atoms with Crippen molar-refractivity contribution in [1.29, 1.82) is 0 Å². The van der Waals surface area contributed by atoms with E-state index in [1.54, 1.807) is 43.5 Å². The maximum absolute atomic E-state index is 12.0. The second-order valence-corrected chi connectivity index (χ2v) is 5.09. The Bertz CT molecular complexity index is 720. The van der Waals surface area contributed by atoms with Crippen LogP contribution in [0.1, 0.15) is 15.9 Å². The summed E-state index contributed by atoms with van der Waals surface area (Å²) in [4.78, 5) is 12.0. The number of methoxy groups -OCH3 is 3. The molecule has 1 N–H and O–H groups in total. The van der Waals surface area contributed by atoms with Crippen molar-refractivity contribution in [3.8, 4) is 17.2 Å². The van der Waals surface area contributed by atoms with Crippen LogP contribution in [-0.4, -0.2) is 33.5 Å². The van der Waals surface area contributed by atoms with E-state index in [9.17, 15) is 4.79 Å². The van der Waals surface area contributed by atoms with E-state index in [1.807, 2.05) is 0 Å². The monoisotopic (exact) mass is 348 g/mol. The quantitative estimate of drug-likeness (QED) is 0.643. The number of halogens is 1. The molecule has 0 bridgehead atoms. The molecular formula is C17H17ClN2O4. The van der Waals surface area contributed by atoms with Crippen LogP contribution in [0.5, 0.6) is 17.2 Å². The van der Waals surface area contributed by atoms with Crippen molar-refractivity contribution >= 4 is 23.7 Å². The van der Waals surface area contributed by atoms with Gasteiger partial charge in [-0.3, -0.25) is 4.79 Å². The zero-order chi connectivity index (χ0) is 17.5. The second-order valence-electron chi connectivity index (χ2n) is 4.65. The summed E-state index contributed by atoms with van der Waals surface area (Å²) in [5.41, 5.74) is 3.47. The van der Waals surface area contributed by atoms with Crippen LogP contribution in [0.2, 0.25) is 5.02 Å². The van der Waals surface area contributed by atoms with Gasteiger partial charge in [0.15, 0.2) is 0 Å². The van der Waals surface area contributed by atoms with Crippen LogP contribution in [-0.2, 0) is 0 Å². The molecule has 0 unspecified atom stereocenters. The molecule has 0 saturated heterocycles. The predicted octanol–water partition coefficient (Wildman–Crippen LogP) is 3.13. The van der Waals surface area contributed by atoms with E-state index in [0.717, 1.165) is 0 Å². The lowest BCUT2D eigenvalue weighted by molar-refractivity contribution is 0.0955. The molecule has 0 radical (unpaired) electrons. The molecule has 0 heterocycles. The number of carbonyl (C=O) groups excluding carboxylic acids is 1. The fourth-order valence-electron chi connectivity index (χ4n) is 1.98. The highest BCUT2D eigenvalue weighted by Gasteiger charge is 2.11. The maximum Gasteiger partial charge on any atom is 0.271 e. The van der Waals surface area contributed by atoms with Gasteiger partial charge in [-0.25, -0.2) is 5.43 Å². The topological polar surface area (TPSA) is 69.2 Å². The second kappa shape index (κ2) is 8.21. The summed E-state index contributed by atoms with van der Waals surface area (Å²) in [5, 5.41) is 4.51. The van der Waals surface area contributed by atoms with Gasteiger partial charge < -0.3 is 14.2 Å². The first-order valence-corrected chi connectivity index (χ1v) is 7.35. The molecule has 0 fully saturated rings. The van der Waals surface area contributed by atoms with Gasteiger partial charge in [-0.1, -0.05) is 11.6 Å². The summed E-state index contributed by atoms with van der Waals surface area (Å²) < 4.78 is 15.8. The molecule has 0 aliphatic carbocycles. The van der Waals surface area contributed by atoms with E-state index in [0.29, 0.717) is 33.4 Å². The van der Waals surface area contributed by atoms with Crippen molar-refractivity contribution in [2.24, 2.45) is 5.10 Å². The molecular weight excluding hydrogens is 332 g/mol. The minimum absolute atomic E-state index is 0.352. The average molecular weight is 349 g/mol. The molecule has 7 heteroatoms. The number of amides is 1. The van der Waals surface area contributed by atoms with Crippen LogP contribution in [0.25, 0.3) is 0 Å². The van der Waals surface area contributed by atoms with Crippen LogP contribution in [0.3, 0.4) is 0 Å². The van der Waals surface area contributed by atoms with Gasteiger partial charge in [0.1, 0.15) is 17.2 Å². The normalized spacial score (nSPS) is 10.5. The molecule has 0 saturated carbocycles. The summed E-state index contributed by atoms with van der Waals surface area (Å²) in [5.74, 6) is 1.26. The van der Waals surface area contributed by atoms with E-state index in [4.69, 9.17) is 25.8 Å². The van der Waals surface area contributed by atoms with Crippen molar-refractivity contribution < 1.29 is 19.0 Å². The highest BCUT2D eigenvalue weighted by Crippen LogP contribution is 2.32. The molecule has 0 spiro atoms. The molecule has 6 nitrogen and oxygen atoms in total. The lowest BCUT2D eigenvalue weighted by atomic mass is 10.2. The summed E-state index contributed by atoms with van der Waals surface area (Å²) in [6.07, 6.45) is 1.45. The minimum atomic E-state index is -0.352. The Labute approximate surface area is 145 Å². The SMILES string of the molecule is COc1cc(OC)c(/C=N/NC(=O)c2ccc(Cl)cc2)c(OC)c1. The van der Waals surface area contributed by atoms with Crippen molar-refractivity contribution in [3.63, 3.8) is 0 Å². The highest BCUT2D eigenvalue weighted by molar-refractivity contribution is 6.30. The predicted molar refractivity (Wildman–Crippen MR) is 92.6 cm³/mol. The Hall–Kier alpha value is -2.73. The van der Waals surface area contributed by atoms with Gasteiger partial charge in [0.2, 0.25) is 0 Å². The fraction of sp³-hybridized carbons (Fsp3) is 0.176. The Kier molecular flexibility index (Phi) is 6.03. The van der Waals surface area contributed by atoms with Crippen LogP contribution >= 0.6 is 11.6 Å². The number of hydrogen-bond donors (Lipinski definition) is 1. The number of hydrazone groups is 1. The van der Waals surface area contributed by atoms with Crippen molar-refractivity contribution in [3.05, 3.63) is 52.5 Å².